The number of benzene rings is 2. The van der Waals surface area contributed by atoms with Gasteiger partial charge in [0.25, 0.3) is 5.60 Å². The highest BCUT2D eigenvalue weighted by Gasteiger charge is 2.86. The van der Waals surface area contributed by atoms with Gasteiger partial charge in [0.05, 0.1) is 31.1 Å². The molecule has 5 fully saturated rings. The predicted molar refractivity (Wildman–Crippen MR) is 368 cm³/mol. The van der Waals surface area contributed by atoms with Gasteiger partial charge in [0.1, 0.15) is 17.7 Å². The lowest BCUT2D eigenvalue weighted by atomic mass is 9.43. The number of ether oxygens (including phenoxy) is 2. The molecular weight excluding hydrogens is 1200 g/mol. The molecular formula is C81H99N7O8. The minimum atomic E-state index is -2.36. The quantitative estimate of drug-likeness (QED) is 0.0390. The Morgan fingerprint density at radius 1 is 0.969 bits per heavy atom. The Bertz CT molecular complexity index is 3940. The number of epoxide rings is 1. The average Bonchev–Trinajstić information content (AvgIpc) is 1.47. The Kier molecular flexibility index (Phi) is 15.3. The Balaban J connectivity index is 0.871. The van der Waals surface area contributed by atoms with E-state index in [0.717, 1.165) is 98.7 Å². The molecule has 17 rings (SSSR count). The van der Waals surface area contributed by atoms with Crippen LogP contribution in [0.1, 0.15) is 187 Å². The fraction of sp³-hybridized carbons (Fsp3) is 0.593. The number of carbonyl (C=O) groups excluding carboxylic acids is 3. The fourth-order valence-corrected chi connectivity index (χ4v) is 23.7. The number of aliphatic hydroxyl groups excluding tert-OH is 2. The topological polar surface area (TPSA) is 232 Å². The van der Waals surface area contributed by atoms with Crippen LogP contribution in [0.2, 0.25) is 0 Å². The predicted octanol–water partition coefficient (Wildman–Crippen LogP) is 10.3. The van der Waals surface area contributed by atoms with Gasteiger partial charge in [-0.3, -0.25) is 14.9 Å². The number of Topliss-reactive ketones (excluding diaryl/α,β-unsaturated/α-hetero) is 2. The molecule has 15 aliphatic rings. The van der Waals surface area contributed by atoms with Crippen LogP contribution in [-0.2, 0) is 20.7 Å². The van der Waals surface area contributed by atoms with E-state index in [1.54, 1.807) is 12.1 Å². The van der Waals surface area contributed by atoms with Crippen LogP contribution >= 0.6 is 0 Å². The number of nitrogens with two attached hydrogens (primary N) is 1. The summed E-state index contributed by atoms with van der Waals surface area (Å²) in [5.74, 6) is 6.60. The zero-order chi connectivity index (χ0) is 65.8. The lowest BCUT2D eigenvalue weighted by Crippen LogP contribution is -2.69. The number of aliphatic hydroxyl groups is 2. The highest BCUT2D eigenvalue weighted by atomic mass is 16.7. The number of carbonyl (C=O) groups is 3. The van der Waals surface area contributed by atoms with E-state index in [4.69, 9.17) is 15.2 Å². The molecule has 96 heavy (non-hydrogen) atoms. The number of ketones is 2. The lowest BCUT2D eigenvalue weighted by Gasteiger charge is -2.64. The molecule has 0 aromatic heterocycles. The van der Waals surface area contributed by atoms with Crippen LogP contribution in [0.25, 0.3) is 0 Å². The van der Waals surface area contributed by atoms with Crippen molar-refractivity contribution in [2.45, 2.75) is 215 Å². The molecule has 15 nitrogen and oxygen atoms in total. The second kappa shape index (κ2) is 23.3. The van der Waals surface area contributed by atoms with E-state index in [1.807, 2.05) is 38.2 Å². The van der Waals surface area contributed by atoms with E-state index >= 15 is 14.4 Å². The Morgan fingerprint density at radius 2 is 1.84 bits per heavy atom. The third kappa shape index (κ3) is 9.79. The van der Waals surface area contributed by atoms with Gasteiger partial charge in [-0.2, -0.15) is 0 Å². The maximum absolute atomic E-state index is 17.1. The van der Waals surface area contributed by atoms with Gasteiger partial charge in [0, 0.05) is 71.5 Å². The molecule has 13 bridgehead atoms. The van der Waals surface area contributed by atoms with Gasteiger partial charge in [-0.15, -0.1) is 5.92 Å². The monoisotopic (exact) mass is 1300 g/mol. The molecule has 7 aliphatic carbocycles. The van der Waals surface area contributed by atoms with Crippen molar-refractivity contribution in [1.29, 1.82) is 0 Å². The van der Waals surface area contributed by atoms with Crippen LogP contribution in [0.3, 0.4) is 0 Å². The largest absolute Gasteiger partial charge is 0.508 e. The van der Waals surface area contributed by atoms with Crippen molar-refractivity contribution < 1.29 is 39.2 Å². The molecule has 506 valence electrons. The van der Waals surface area contributed by atoms with E-state index in [2.05, 4.69) is 113 Å². The molecule has 8 heterocycles. The zero-order valence-corrected chi connectivity index (χ0v) is 56.5. The van der Waals surface area contributed by atoms with Gasteiger partial charge in [-0.25, -0.2) is 4.79 Å². The summed E-state index contributed by atoms with van der Waals surface area (Å²) < 4.78 is 14.8. The number of fused-ring (bicyclic) bond motifs is 4. The molecule has 2 aromatic rings. The van der Waals surface area contributed by atoms with Crippen LogP contribution in [0.5, 0.6) is 5.75 Å². The molecule has 8 aliphatic heterocycles. The Labute approximate surface area is 566 Å². The molecule has 2 aromatic carbocycles. The molecule has 1 saturated heterocycles. The molecule has 21 unspecified atom stereocenters. The first-order chi connectivity index (χ1) is 46.4. The van der Waals surface area contributed by atoms with Crippen LogP contribution in [-0.4, -0.2) is 106 Å². The highest BCUT2D eigenvalue weighted by Crippen LogP contribution is 2.73. The Morgan fingerprint density at radius 3 is 2.69 bits per heavy atom. The number of nitrogens with one attached hydrogen (secondary N) is 6. The number of phenols is 1. The standard InChI is InChI=1S/C81H99N7O8/c1-45(20-21-49-24-28-85-74-57(49)22-23-68(83-4)87-74)54(43-89)38-80-71(92)58-19-10-16-53-35-76(3)26-6-5-12-48-13-8-15-51-37-78-40-63-61(70(65(78)31-59(48)51)95-75(94)81(80,96-80)72(93)69(53)58)33-67(91)79(44-77(36-52-25-27-84-66(52)41-77)39-55(79)17-7-11-46(2)88-78)64(63)32-60(50-14-9-18-56(90)30-50)62-29-47(34-76)42-86-73(62)82/h8-10,14-16,18-19,24-25,27,29-30,37,42,46,48,52,55,59-61,63-68,70,73,83-91H,5-6,12-13,17,20-23,26,28,31-36,38-41,43-44,82H2,1-4H3. The molecule has 4 spiro atoms. The minimum absolute atomic E-state index is 0.0375. The Hall–Kier alpha value is -6.51. The van der Waals surface area contributed by atoms with E-state index in [9.17, 15) is 15.3 Å². The summed E-state index contributed by atoms with van der Waals surface area (Å²) in [7, 11) is 1.97. The van der Waals surface area contributed by atoms with E-state index < -0.39 is 70.1 Å². The first-order valence-corrected chi connectivity index (χ1v) is 36.9. The van der Waals surface area contributed by atoms with Crippen molar-refractivity contribution in [3.63, 3.8) is 0 Å². The van der Waals surface area contributed by atoms with Gasteiger partial charge in [-0.05, 0) is 239 Å². The third-order valence-electron chi connectivity index (χ3n) is 27.9. The summed E-state index contributed by atoms with van der Waals surface area (Å²) in [6.07, 6.45) is 32.1. The summed E-state index contributed by atoms with van der Waals surface area (Å²) in [4.78, 5) is 50.3. The maximum Gasteiger partial charge on any atom is 0.350 e. The van der Waals surface area contributed by atoms with Gasteiger partial charge >= 0.3 is 5.97 Å². The summed E-state index contributed by atoms with van der Waals surface area (Å²) in [5, 5.41) is 59.9. The molecule has 0 amide bonds. The van der Waals surface area contributed by atoms with Gasteiger partial charge < -0.3 is 57.1 Å². The number of aromatic hydroxyl groups is 1. The number of rotatable bonds is 8. The van der Waals surface area contributed by atoms with E-state index in [0.29, 0.717) is 93.3 Å². The lowest BCUT2D eigenvalue weighted by molar-refractivity contribution is -0.205. The second-order valence-corrected chi connectivity index (χ2v) is 33.2. The first kappa shape index (κ1) is 63.0. The van der Waals surface area contributed by atoms with Gasteiger partial charge in [0.2, 0.25) is 5.78 Å². The number of dihydropyridines is 2. The zero-order valence-electron chi connectivity index (χ0n) is 56.5. The van der Waals surface area contributed by atoms with Crippen molar-refractivity contribution in [3.8, 4) is 17.6 Å². The first-order valence-electron chi connectivity index (χ1n) is 36.9. The number of phenolic OH excluding ortho intramolecular Hbond substituents is 1. The molecule has 4 saturated carbocycles. The summed E-state index contributed by atoms with van der Waals surface area (Å²) in [5.41, 5.74) is 10.7. The number of hydrogen-bond donors (Lipinski definition) is 10. The van der Waals surface area contributed by atoms with E-state index in [1.165, 1.54) is 16.7 Å². The normalized spacial score (nSPS) is 43.0. The number of esters is 1. The fourth-order valence-electron chi connectivity index (χ4n) is 23.7. The summed E-state index contributed by atoms with van der Waals surface area (Å²) >= 11 is 0. The molecule has 0 radical (unpaired) electrons. The van der Waals surface area contributed by atoms with Gasteiger partial charge in [-0.1, -0.05) is 98.0 Å². The van der Waals surface area contributed by atoms with Gasteiger partial charge in [0.15, 0.2) is 11.4 Å². The summed E-state index contributed by atoms with van der Waals surface area (Å²) in [6, 6.07) is 13.4. The maximum atomic E-state index is 17.1. The average molecular weight is 1300 g/mol. The molecule has 15 heteroatoms. The SMILES string of the molecule is CNC1CCC2=C(NCC=C2CCC(C)=C(CO)CC23OC24C(=O)OC2C5CC(O)C67CC8(CC9C=CNC9C8)CC6CC#CC(C)NC68C=C9C=CCC(CCCCC(C)(CC%10=CNC(N)C(=C%10)C(c%10cccc(O)c%10)CC7C5C6)Cc5cccc(c5C4=O)C3=O)C9CC28)N1. The highest BCUT2D eigenvalue weighted by molar-refractivity contribution is 6.33. The van der Waals surface area contributed by atoms with Crippen molar-refractivity contribution in [2.24, 2.45) is 69.3 Å². The number of hydrogen-bond acceptors (Lipinski definition) is 15. The van der Waals surface area contributed by atoms with Crippen molar-refractivity contribution >= 4 is 17.5 Å². The number of allylic oxidation sites excluding steroid dienone is 8. The second-order valence-electron chi connectivity index (χ2n) is 33.2. The van der Waals surface area contributed by atoms with Crippen LogP contribution in [0.15, 0.2) is 136 Å². The van der Waals surface area contributed by atoms with Crippen LogP contribution in [0.4, 0.5) is 0 Å². The smallest absolute Gasteiger partial charge is 0.350 e. The van der Waals surface area contributed by atoms with Crippen molar-refractivity contribution in [2.75, 3.05) is 20.2 Å². The van der Waals surface area contributed by atoms with Crippen LogP contribution in [0, 0.1) is 75.4 Å². The summed E-state index contributed by atoms with van der Waals surface area (Å²) in [6.45, 7) is 6.81. The molecule has 21 atom stereocenters. The van der Waals surface area contributed by atoms with Crippen molar-refractivity contribution in [3.05, 3.63) is 158 Å². The van der Waals surface area contributed by atoms with Crippen LogP contribution < -0.4 is 37.6 Å². The third-order valence-corrected chi connectivity index (χ3v) is 27.9. The van der Waals surface area contributed by atoms with E-state index in [-0.39, 0.29) is 82.3 Å². The van der Waals surface area contributed by atoms with Crippen molar-refractivity contribution in [1.82, 2.24) is 31.9 Å². The molecule has 11 N–H and O–H groups in total. The minimum Gasteiger partial charge on any atom is -0.508 e.